The van der Waals surface area contributed by atoms with Crippen LogP contribution in [0.3, 0.4) is 0 Å². The van der Waals surface area contributed by atoms with Crippen LogP contribution in [0, 0.1) is 0 Å². The number of aromatic amines is 1. The molecule has 2 aliphatic rings. The summed E-state index contributed by atoms with van der Waals surface area (Å²) in [6, 6.07) is 33.0. The predicted octanol–water partition coefficient (Wildman–Crippen LogP) is 6.03. The summed E-state index contributed by atoms with van der Waals surface area (Å²) in [5, 5.41) is 15.3. The number of aromatic nitrogens is 2. The summed E-state index contributed by atoms with van der Waals surface area (Å²) in [6.07, 6.45) is 1.60. The monoisotopic (exact) mass is 647 g/mol. The summed E-state index contributed by atoms with van der Waals surface area (Å²) >= 11 is 0. The maximum absolute atomic E-state index is 12.8. The van der Waals surface area contributed by atoms with Crippen molar-refractivity contribution >= 4 is 22.8 Å². The smallest absolute Gasteiger partial charge is 0.326 e. The van der Waals surface area contributed by atoms with Gasteiger partial charge in [0.2, 0.25) is 0 Å². The average molecular weight is 648 g/mol. The van der Waals surface area contributed by atoms with Gasteiger partial charge in [-0.25, -0.2) is 9.59 Å². The van der Waals surface area contributed by atoms with E-state index >= 15 is 0 Å². The molecule has 248 valence electrons. The number of anilines is 1. The topological polar surface area (TPSA) is 121 Å². The van der Waals surface area contributed by atoms with Crippen LogP contribution in [-0.2, 0) is 22.6 Å². The van der Waals surface area contributed by atoms with E-state index in [0.717, 1.165) is 65.8 Å². The fourth-order valence-electron chi connectivity index (χ4n) is 6.79. The quantitative estimate of drug-likeness (QED) is 0.155. The van der Waals surface area contributed by atoms with Crippen molar-refractivity contribution in [3.8, 4) is 0 Å². The standard InChI is InChI=1S/C38H41N5O5/c44-25-27-10-12-28(13-11-27)35-22-32(24-42-20-18-31(19-21-42)43-34-9-5-4-8-33(34)41-38(43)46)47-36(48-35)29-14-16-30(17-15-29)40-37(45)39-23-26-6-2-1-3-7-26/h1-17,31-32,35-36,44H,18-25H2,(H,41,46)(H2,39,40,45). The van der Waals surface area contributed by atoms with Crippen LogP contribution in [-0.4, -0.2) is 51.3 Å². The van der Waals surface area contributed by atoms with Crippen molar-refractivity contribution in [1.82, 2.24) is 19.8 Å². The summed E-state index contributed by atoms with van der Waals surface area (Å²) in [5.41, 5.74) is 6.24. The molecule has 1 aromatic heterocycles. The minimum Gasteiger partial charge on any atom is -0.392 e. The van der Waals surface area contributed by atoms with E-state index in [-0.39, 0.29) is 36.6 Å². The van der Waals surface area contributed by atoms with Crippen molar-refractivity contribution in [2.45, 2.75) is 57.0 Å². The Kier molecular flexibility index (Phi) is 9.67. The molecule has 3 unspecified atom stereocenters. The second-order valence-corrected chi connectivity index (χ2v) is 12.6. The number of aliphatic hydroxyl groups excluding tert-OH is 1. The average Bonchev–Trinajstić information content (AvgIpc) is 3.47. The fourth-order valence-corrected chi connectivity index (χ4v) is 6.79. The molecule has 10 nitrogen and oxygen atoms in total. The van der Waals surface area contributed by atoms with Crippen LogP contribution in [0.2, 0.25) is 0 Å². The SMILES string of the molecule is O=C(NCc1ccccc1)Nc1ccc(C2OC(CN3CCC(n4c(=O)[nH]c5ccccc54)CC3)CC(c3ccc(CO)cc3)O2)cc1. The van der Waals surface area contributed by atoms with Crippen LogP contribution in [0.5, 0.6) is 0 Å². The van der Waals surface area contributed by atoms with Crippen LogP contribution in [0.1, 0.15) is 60.0 Å². The molecule has 2 fully saturated rings. The molecule has 0 spiro atoms. The Morgan fingerprint density at radius 2 is 1.54 bits per heavy atom. The number of piperidine rings is 1. The highest BCUT2D eigenvalue weighted by atomic mass is 16.7. The van der Waals surface area contributed by atoms with Crippen LogP contribution in [0.4, 0.5) is 10.5 Å². The van der Waals surface area contributed by atoms with E-state index in [1.54, 1.807) is 0 Å². The number of carbonyl (C=O) groups excluding carboxylic acids is 1. The number of H-pyrrole nitrogens is 1. The van der Waals surface area contributed by atoms with Gasteiger partial charge in [0.15, 0.2) is 6.29 Å². The van der Waals surface area contributed by atoms with E-state index in [1.807, 2.05) is 108 Å². The summed E-state index contributed by atoms with van der Waals surface area (Å²) < 4.78 is 15.0. The number of para-hydroxylation sites is 2. The minimum atomic E-state index is -0.588. The molecule has 0 saturated carbocycles. The number of likely N-dealkylation sites (tertiary alicyclic amines) is 1. The van der Waals surface area contributed by atoms with E-state index < -0.39 is 6.29 Å². The number of ether oxygens (including phenoxy) is 2. The van der Waals surface area contributed by atoms with E-state index in [0.29, 0.717) is 18.7 Å². The molecule has 3 atom stereocenters. The number of aliphatic hydroxyl groups is 1. The first-order chi connectivity index (χ1) is 23.5. The lowest BCUT2D eigenvalue weighted by Gasteiger charge is -2.40. The van der Waals surface area contributed by atoms with Crippen molar-refractivity contribution in [1.29, 1.82) is 0 Å². The molecule has 10 heteroatoms. The zero-order chi connectivity index (χ0) is 32.9. The van der Waals surface area contributed by atoms with Gasteiger partial charge in [-0.3, -0.25) is 4.57 Å². The molecule has 0 radical (unpaired) electrons. The van der Waals surface area contributed by atoms with Gasteiger partial charge in [0, 0.05) is 49.9 Å². The van der Waals surface area contributed by atoms with Gasteiger partial charge in [0.05, 0.1) is 29.8 Å². The van der Waals surface area contributed by atoms with E-state index in [2.05, 4.69) is 20.5 Å². The molecule has 48 heavy (non-hydrogen) atoms. The third-order valence-corrected chi connectivity index (χ3v) is 9.36. The van der Waals surface area contributed by atoms with Crippen molar-refractivity contribution in [2.24, 2.45) is 0 Å². The van der Waals surface area contributed by atoms with Crippen molar-refractivity contribution < 1.29 is 19.4 Å². The Morgan fingerprint density at radius 3 is 2.29 bits per heavy atom. The molecule has 4 N–H and O–H groups in total. The third kappa shape index (κ3) is 7.37. The molecule has 0 aliphatic carbocycles. The zero-order valence-corrected chi connectivity index (χ0v) is 26.8. The zero-order valence-electron chi connectivity index (χ0n) is 26.8. The Labute approximate surface area is 279 Å². The van der Waals surface area contributed by atoms with Crippen molar-refractivity contribution in [2.75, 3.05) is 25.0 Å². The summed E-state index contributed by atoms with van der Waals surface area (Å²) in [5.74, 6) is 0. The Hall–Kier alpha value is -4.74. The molecular weight excluding hydrogens is 606 g/mol. The number of imidazole rings is 1. The highest BCUT2D eigenvalue weighted by Gasteiger charge is 2.34. The number of amides is 2. The lowest BCUT2D eigenvalue weighted by Crippen LogP contribution is -2.43. The summed E-state index contributed by atoms with van der Waals surface area (Å²) in [4.78, 5) is 30.7. The van der Waals surface area contributed by atoms with Crippen LogP contribution in [0.25, 0.3) is 11.0 Å². The molecule has 2 aliphatic heterocycles. The lowest BCUT2D eigenvalue weighted by molar-refractivity contribution is -0.253. The normalized spacial score (nSPS) is 20.5. The second-order valence-electron chi connectivity index (χ2n) is 12.6. The fraction of sp³-hybridized carbons (Fsp3) is 0.316. The van der Waals surface area contributed by atoms with Gasteiger partial charge in [-0.1, -0.05) is 78.9 Å². The first-order valence-electron chi connectivity index (χ1n) is 16.6. The van der Waals surface area contributed by atoms with Gasteiger partial charge in [-0.15, -0.1) is 0 Å². The Bertz CT molecular complexity index is 1860. The third-order valence-electron chi connectivity index (χ3n) is 9.36. The first kappa shape index (κ1) is 31.8. The number of rotatable bonds is 9. The number of nitrogens with zero attached hydrogens (tertiary/aromatic N) is 2. The van der Waals surface area contributed by atoms with E-state index in [1.165, 1.54) is 0 Å². The lowest BCUT2D eigenvalue weighted by atomic mass is 9.98. The minimum absolute atomic E-state index is 0.00848. The molecule has 0 bridgehead atoms. The molecular formula is C38H41N5O5. The maximum atomic E-state index is 12.8. The van der Waals surface area contributed by atoms with E-state index in [4.69, 9.17) is 9.47 Å². The van der Waals surface area contributed by atoms with Crippen LogP contribution < -0.4 is 16.3 Å². The summed E-state index contributed by atoms with van der Waals surface area (Å²) in [6.45, 7) is 2.91. The molecule has 4 aromatic carbocycles. The van der Waals surface area contributed by atoms with Crippen LogP contribution in [0.15, 0.2) is 108 Å². The number of hydrogen-bond donors (Lipinski definition) is 4. The number of hydrogen-bond acceptors (Lipinski definition) is 6. The van der Waals surface area contributed by atoms with Gasteiger partial charge in [-0.2, -0.15) is 0 Å². The number of urea groups is 1. The van der Waals surface area contributed by atoms with Crippen molar-refractivity contribution in [3.63, 3.8) is 0 Å². The van der Waals surface area contributed by atoms with Gasteiger partial charge in [-0.05, 0) is 53.8 Å². The maximum Gasteiger partial charge on any atom is 0.326 e. The number of carbonyl (C=O) groups is 1. The van der Waals surface area contributed by atoms with Gasteiger partial charge < -0.3 is 35.1 Å². The largest absolute Gasteiger partial charge is 0.392 e. The van der Waals surface area contributed by atoms with Gasteiger partial charge >= 0.3 is 11.7 Å². The molecule has 7 rings (SSSR count). The van der Waals surface area contributed by atoms with Crippen LogP contribution >= 0.6 is 0 Å². The van der Waals surface area contributed by atoms with Gasteiger partial charge in [0.1, 0.15) is 0 Å². The van der Waals surface area contributed by atoms with Gasteiger partial charge in [0.25, 0.3) is 0 Å². The Morgan fingerprint density at radius 1 is 0.833 bits per heavy atom. The molecule has 2 amide bonds. The number of nitrogens with one attached hydrogen (secondary N) is 3. The number of benzene rings is 4. The first-order valence-corrected chi connectivity index (χ1v) is 16.6. The predicted molar refractivity (Wildman–Crippen MR) is 184 cm³/mol. The highest BCUT2D eigenvalue weighted by Crippen LogP contribution is 2.39. The summed E-state index contributed by atoms with van der Waals surface area (Å²) in [7, 11) is 0. The molecule has 5 aromatic rings. The highest BCUT2D eigenvalue weighted by molar-refractivity contribution is 5.89. The number of fused-ring (bicyclic) bond motifs is 1. The Balaban J connectivity index is 1.01. The molecule has 3 heterocycles. The second kappa shape index (κ2) is 14.6. The molecule has 2 saturated heterocycles. The van der Waals surface area contributed by atoms with E-state index in [9.17, 15) is 14.7 Å². The van der Waals surface area contributed by atoms with Crippen molar-refractivity contribution in [3.05, 3.63) is 136 Å².